The second kappa shape index (κ2) is 8.04. The number of benzene rings is 1. The van der Waals surface area contributed by atoms with Crippen LogP contribution in [-0.4, -0.2) is 24.6 Å². The average molecular weight is 307 g/mol. The summed E-state index contributed by atoms with van der Waals surface area (Å²) in [6.45, 7) is 2.63. The monoisotopic (exact) mass is 307 g/mol. The lowest BCUT2D eigenvalue weighted by molar-refractivity contribution is -0.274. The van der Waals surface area contributed by atoms with E-state index in [0.717, 1.165) is 12.0 Å². The van der Waals surface area contributed by atoms with Crippen LogP contribution in [0.5, 0.6) is 5.75 Å². The van der Waals surface area contributed by atoms with Gasteiger partial charge in [0.1, 0.15) is 5.75 Å². The summed E-state index contributed by atoms with van der Waals surface area (Å²) in [6, 6.07) is 5.64. The predicted molar refractivity (Wildman–Crippen MR) is 72.6 cm³/mol. The fourth-order valence-corrected chi connectivity index (χ4v) is 2.18. The summed E-state index contributed by atoms with van der Waals surface area (Å²) in [6.07, 6.45) is -3.79. The summed E-state index contributed by atoms with van der Waals surface area (Å²) in [5.41, 5.74) is 0.841. The fourth-order valence-electron chi connectivity index (χ4n) is 1.36. The molecule has 0 saturated heterocycles. The van der Waals surface area contributed by atoms with Crippen LogP contribution < -0.4 is 10.1 Å². The molecule has 0 unspecified atom stereocenters. The quantitative estimate of drug-likeness (QED) is 0.839. The smallest absolute Gasteiger partial charge is 0.406 e. The van der Waals surface area contributed by atoms with Gasteiger partial charge in [-0.15, -0.1) is 24.9 Å². The average Bonchev–Trinajstić information content (AvgIpc) is 2.37. The van der Waals surface area contributed by atoms with Gasteiger partial charge < -0.3 is 10.1 Å². The summed E-state index contributed by atoms with van der Waals surface area (Å²) in [5, 5.41) is 2.75. The minimum Gasteiger partial charge on any atom is -0.406 e. The van der Waals surface area contributed by atoms with Gasteiger partial charge in [-0.25, -0.2) is 0 Å². The molecule has 20 heavy (non-hydrogen) atoms. The van der Waals surface area contributed by atoms with Crippen molar-refractivity contribution in [2.24, 2.45) is 0 Å². The van der Waals surface area contributed by atoms with E-state index in [1.54, 1.807) is 12.1 Å². The van der Waals surface area contributed by atoms with Crippen LogP contribution in [0.15, 0.2) is 24.3 Å². The highest BCUT2D eigenvalue weighted by Crippen LogP contribution is 2.23. The molecular formula is C13H16F3NO2S. The van der Waals surface area contributed by atoms with Crippen molar-refractivity contribution in [2.45, 2.75) is 25.5 Å². The summed E-state index contributed by atoms with van der Waals surface area (Å²) in [4.78, 5) is 11.3. The number of nitrogens with one attached hydrogen (secondary N) is 1. The van der Waals surface area contributed by atoms with Gasteiger partial charge in [0.15, 0.2) is 0 Å². The molecule has 112 valence electrons. The molecule has 7 heteroatoms. The number of hydrogen-bond donors (Lipinski definition) is 1. The number of halogens is 3. The lowest BCUT2D eigenvalue weighted by Gasteiger charge is -2.09. The normalized spacial score (nSPS) is 11.2. The molecule has 0 aliphatic carbocycles. The first-order valence-electron chi connectivity index (χ1n) is 6.10. The van der Waals surface area contributed by atoms with Gasteiger partial charge in [-0.05, 0) is 24.1 Å². The number of carbonyl (C=O) groups is 1. The second-order valence-corrected chi connectivity index (χ2v) is 5.02. The summed E-state index contributed by atoms with van der Waals surface area (Å²) < 4.78 is 39.7. The Bertz CT molecular complexity index is 421. The number of rotatable bonds is 7. The van der Waals surface area contributed by atoms with E-state index < -0.39 is 6.36 Å². The summed E-state index contributed by atoms with van der Waals surface area (Å²) in [7, 11) is 0. The van der Waals surface area contributed by atoms with Crippen LogP contribution >= 0.6 is 11.8 Å². The SMILES string of the molecule is CCCNC(=O)CSCc1ccc(OC(F)(F)F)cc1. The second-order valence-electron chi connectivity index (χ2n) is 4.03. The van der Waals surface area contributed by atoms with E-state index in [1.807, 2.05) is 6.92 Å². The minimum absolute atomic E-state index is 0.0334. The third kappa shape index (κ3) is 7.28. The summed E-state index contributed by atoms with van der Waals surface area (Å²) in [5.74, 6) is 0.618. The first-order chi connectivity index (χ1) is 9.40. The molecule has 0 atom stereocenters. The van der Waals surface area contributed by atoms with E-state index >= 15 is 0 Å². The van der Waals surface area contributed by atoms with Gasteiger partial charge in [-0.3, -0.25) is 4.79 Å². The van der Waals surface area contributed by atoms with Gasteiger partial charge in [0.05, 0.1) is 5.75 Å². The van der Waals surface area contributed by atoms with E-state index in [0.29, 0.717) is 18.1 Å². The van der Waals surface area contributed by atoms with Gasteiger partial charge in [-0.2, -0.15) is 0 Å². The van der Waals surface area contributed by atoms with E-state index in [9.17, 15) is 18.0 Å². The van der Waals surface area contributed by atoms with Gasteiger partial charge >= 0.3 is 6.36 Å². The first kappa shape index (κ1) is 16.7. The number of hydrogen-bond acceptors (Lipinski definition) is 3. The van der Waals surface area contributed by atoms with Gasteiger partial charge in [0, 0.05) is 12.3 Å². The topological polar surface area (TPSA) is 38.3 Å². The van der Waals surface area contributed by atoms with E-state index in [2.05, 4.69) is 10.1 Å². The Labute approximate surface area is 119 Å². The molecule has 1 aromatic rings. The molecule has 0 radical (unpaired) electrons. The zero-order valence-corrected chi connectivity index (χ0v) is 11.8. The lowest BCUT2D eigenvalue weighted by Crippen LogP contribution is -2.25. The third-order valence-electron chi connectivity index (χ3n) is 2.23. The number of alkyl halides is 3. The molecule has 1 rings (SSSR count). The van der Waals surface area contributed by atoms with Crippen LogP contribution in [0.25, 0.3) is 0 Å². The van der Waals surface area contributed by atoms with Gasteiger partial charge in [0.25, 0.3) is 0 Å². The van der Waals surface area contributed by atoms with Crippen molar-refractivity contribution in [1.29, 1.82) is 0 Å². The van der Waals surface area contributed by atoms with Crippen LogP contribution in [0.3, 0.4) is 0 Å². The zero-order chi connectivity index (χ0) is 15.0. The minimum atomic E-state index is -4.67. The molecule has 0 fully saturated rings. The maximum absolute atomic E-state index is 12.0. The number of ether oxygens (including phenoxy) is 1. The Balaban J connectivity index is 2.33. The van der Waals surface area contributed by atoms with Crippen LogP contribution in [0.1, 0.15) is 18.9 Å². The highest BCUT2D eigenvalue weighted by molar-refractivity contribution is 7.99. The Morgan fingerprint density at radius 3 is 2.50 bits per heavy atom. The standard InChI is InChI=1S/C13H16F3NO2S/c1-2-7-17-12(18)9-20-8-10-3-5-11(6-4-10)19-13(14,15)16/h3-6H,2,7-9H2,1H3,(H,17,18). The van der Waals surface area contributed by atoms with Gasteiger partial charge in [0.2, 0.25) is 5.91 Å². The number of carbonyl (C=O) groups excluding carboxylic acids is 1. The van der Waals surface area contributed by atoms with Crippen LogP contribution in [0, 0.1) is 0 Å². The van der Waals surface area contributed by atoms with Crippen LogP contribution in [0.4, 0.5) is 13.2 Å². The molecule has 0 aromatic heterocycles. The highest BCUT2D eigenvalue weighted by Gasteiger charge is 2.30. The highest BCUT2D eigenvalue weighted by atomic mass is 32.2. The van der Waals surface area contributed by atoms with E-state index in [1.165, 1.54) is 23.9 Å². The molecule has 0 spiro atoms. The molecule has 3 nitrogen and oxygen atoms in total. The van der Waals surface area contributed by atoms with Crippen LogP contribution in [0.2, 0.25) is 0 Å². The predicted octanol–water partition coefficient (Wildman–Crippen LogP) is 3.34. The van der Waals surface area contributed by atoms with Crippen molar-refractivity contribution in [3.63, 3.8) is 0 Å². The molecule has 0 aliphatic heterocycles. The van der Waals surface area contributed by atoms with Crippen LogP contribution in [-0.2, 0) is 10.5 Å². The van der Waals surface area contributed by atoms with Crippen molar-refractivity contribution in [1.82, 2.24) is 5.32 Å². The van der Waals surface area contributed by atoms with E-state index in [4.69, 9.17) is 0 Å². The summed E-state index contributed by atoms with van der Waals surface area (Å²) >= 11 is 1.41. The van der Waals surface area contributed by atoms with Crippen molar-refractivity contribution in [2.75, 3.05) is 12.3 Å². The molecule has 1 aromatic carbocycles. The molecular weight excluding hydrogens is 291 g/mol. The molecule has 0 aliphatic rings. The Kier molecular flexibility index (Phi) is 6.70. The van der Waals surface area contributed by atoms with Crippen molar-refractivity contribution < 1.29 is 22.7 Å². The van der Waals surface area contributed by atoms with Crippen molar-refractivity contribution in [3.8, 4) is 5.75 Å². The largest absolute Gasteiger partial charge is 0.573 e. The number of amides is 1. The lowest BCUT2D eigenvalue weighted by atomic mass is 10.2. The van der Waals surface area contributed by atoms with Gasteiger partial charge in [-0.1, -0.05) is 19.1 Å². The molecule has 0 saturated carbocycles. The molecule has 1 N–H and O–H groups in total. The fraction of sp³-hybridized carbons (Fsp3) is 0.462. The number of thioether (sulfide) groups is 1. The first-order valence-corrected chi connectivity index (χ1v) is 7.25. The zero-order valence-electron chi connectivity index (χ0n) is 11.0. The maximum atomic E-state index is 12.0. The van der Waals surface area contributed by atoms with Crippen molar-refractivity contribution >= 4 is 17.7 Å². The third-order valence-corrected chi connectivity index (χ3v) is 3.23. The molecule has 1 amide bonds. The molecule has 0 bridgehead atoms. The Hall–Kier alpha value is -1.37. The Morgan fingerprint density at radius 1 is 1.30 bits per heavy atom. The Morgan fingerprint density at radius 2 is 1.95 bits per heavy atom. The van der Waals surface area contributed by atoms with E-state index in [-0.39, 0.29) is 11.7 Å². The molecule has 0 heterocycles. The van der Waals surface area contributed by atoms with Crippen molar-refractivity contribution in [3.05, 3.63) is 29.8 Å². The maximum Gasteiger partial charge on any atom is 0.573 e.